The summed E-state index contributed by atoms with van der Waals surface area (Å²) in [5.41, 5.74) is 5.55. The Bertz CT molecular complexity index is 785. The lowest BCUT2D eigenvalue weighted by Crippen LogP contribution is -2.49. The highest BCUT2D eigenvalue weighted by Gasteiger charge is 2.32. The largest absolute Gasteiger partial charge is 0.488 e. The summed E-state index contributed by atoms with van der Waals surface area (Å²) in [6, 6.07) is 10.2. The van der Waals surface area contributed by atoms with Crippen LogP contribution >= 0.6 is 11.6 Å². The van der Waals surface area contributed by atoms with Crippen molar-refractivity contribution in [3.63, 3.8) is 0 Å². The van der Waals surface area contributed by atoms with Gasteiger partial charge in [0.15, 0.2) is 0 Å². The predicted octanol–water partition coefficient (Wildman–Crippen LogP) is 4.36. The predicted molar refractivity (Wildman–Crippen MR) is 103 cm³/mol. The highest BCUT2D eigenvalue weighted by Crippen LogP contribution is 2.28. The number of carboxylic acid groups (broad SMARTS) is 1. The zero-order valence-corrected chi connectivity index (χ0v) is 16.1. The van der Waals surface area contributed by atoms with Gasteiger partial charge >= 0.3 is 5.97 Å². The van der Waals surface area contributed by atoms with Crippen molar-refractivity contribution in [3.05, 3.63) is 63.2 Å². The number of benzene rings is 2. The molecule has 0 amide bonds. The number of nitrogens with zero attached hydrogens (tertiary/aromatic N) is 1. The van der Waals surface area contributed by atoms with E-state index in [4.69, 9.17) is 21.4 Å². The minimum absolute atomic E-state index is 0.221. The molecule has 2 aromatic carbocycles. The van der Waals surface area contributed by atoms with Gasteiger partial charge in [-0.05, 0) is 60.7 Å². The summed E-state index contributed by atoms with van der Waals surface area (Å²) in [6.07, 6.45) is 0. The molecule has 1 aliphatic heterocycles. The van der Waals surface area contributed by atoms with E-state index in [0.717, 1.165) is 39.6 Å². The quantitative estimate of drug-likeness (QED) is 0.817. The molecule has 0 bridgehead atoms. The zero-order chi connectivity index (χ0) is 18.8. The van der Waals surface area contributed by atoms with Crippen LogP contribution in [0.15, 0.2) is 30.3 Å². The van der Waals surface area contributed by atoms with Crippen LogP contribution in [0.4, 0.5) is 0 Å². The Hall–Kier alpha value is -2.04. The van der Waals surface area contributed by atoms with Gasteiger partial charge < -0.3 is 9.84 Å². The summed E-state index contributed by atoms with van der Waals surface area (Å²) in [5.74, 6) is -0.0204. The number of halogens is 1. The van der Waals surface area contributed by atoms with Crippen LogP contribution in [0.5, 0.6) is 5.75 Å². The summed E-state index contributed by atoms with van der Waals surface area (Å²) in [4.78, 5) is 13.1. The Kier molecular flexibility index (Phi) is 5.54. The summed E-state index contributed by atoms with van der Waals surface area (Å²) in [5, 5.41) is 9.70. The van der Waals surface area contributed by atoms with E-state index in [2.05, 4.69) is 23.1 Å². The van der Waals surface area contributed by atoms with Gasteiger partial charge in [-0.2, -0.15) is 0 Å². The molecule has 5 heteroatoms. The zero-order valence-electron chi connectivity index (χ0n) is 15.4. The Balaban J connectivity index is 1.65. The van der Waals surface area contributed by atoms with Gasteiger partial charge in [-0.25, -0.2) is 0 Å². The minimum Gasteiger partial charge on any atom is -0.488 e. The van der Waals surface area contributed by atoms with Crippen molar-refractivity contribution in [1.82, 2.24) is 4.90 Å². The third kappa shape index (κ3) is 4.37. The van der Waals surface area contributed by atoms with Crippen molar-refractivity contribution in [2.75, 3.05) is 13.1 Å². The van der Waals surface area contributed by atoms with Crippen LogP contribution in [-0.4, -0.2) is 29.1 Å². The van der Waals surface area contributed by atoms with Crippen LogP contribution in [0.25, 0.3) is 0 Å². The number of aryl methyl sites for hydroxylation is 3. The summed E-state index contributed by atoms with van der Waals surface area (Å²) >= 11 is 6.12. The first-order chi connectivity index (χ1) is 12.3. The maximum absolute atomic E-state index is 10.9. The standard InChI is InChI=1S/C21H24ClNO3/c1-13-4-17(8-19(22)5-13)12-26-20-14(2)6-16(7-15(20)3)9-23-10-18(11-23)21(24)25/h4-8,18H,9-12H2,1-3H3,(H,24,25). The first-order valence-corrected chi connectivity index (χ1v) is 9.14. The molecule has 0 spiro atoms. The van der Waals surface area contributed by atoms with Gasteiger partial charge in [0.05, 0.1) is 5.92 Å². The highest BCUT2D eigenvalue weighted by atomic mass is 35.5. The smallest absolute Gasteiger partial charge is 0.309 e. The van der Waals surface area contributed by atoms with Crippen LogP contribution in [0.3, 0.4) is 0 Å². The molecule has 26 heavy (non-hydrogen) atoms. The van der Waals surface area contributed by atoms with Crippen molar-refractivity contribution >= 4 is 17.6 Å². The molecule has 0 radical (unpaired) electrons. The van der Waals surface area contributed by atoms with E-state index in [1.54, 1.807) is 0 Å². The van der Waals surface area contributed by atoms with E-state index in [9.17, 15) is 4.79 Å². The SMILES string of the molecule is Cc1cc(Cl)cc(COc2c(C)cc(CN3CC(C(=O)O)C3)cc2C)c1. The molecule has 1 heterocycles. The Morgan fingerprint density at radius 1 is 1.12 bits per heavy atom. The Labute approximate surface area is 159 Å². The van der Waals surface area contributed by atoms with Gasteiger partial charge in [0.1, 0.15) is 12.4 Å². The third-order valence-corrected chi connectivity index (χ3v) is 4.94. The van der Waals surface area contributed by atoms with Crippen LogP contribution in [-0.2, 0) is 17.9 Å². The van der Waals surface area contributed by atoms with E-state index in [1.165, 1.54) is 5.56 Å². The fraction of sp³-hybridized carbons (Fsp3) is 0.381. The van der Waals surface area contributed by atoms with Crippen LogP contribution in [0, 0.1) is 26.7 Å². The van der Waals surface area contributed by atoms with E-state index in [1.807, 2.05) is 32.9 Å². The summed E-state index contributed by atoms with van der Waals surface area (Å²) < 4.78 is 6.06. The number of likely N-dealkylation sites (tertiary alicyclic amines) is 1. The molecular weight excluding hydrogens is 350 g/mol. The fourth-order valence-corrected chi connectivity index (χ4v) is 3.84. The average molecular weight is 374 g/mol. The molecule has 1 fully saturated rings. The minimum atomic E-state index is -0.700. The lowest BCUT2D eigenvalue weighted by Gasteiger charge is -2.36. The molecule has 0 unspecified atom stereocenters. The Morgan fingerprint density at radius 3 is 2.35 bits per heavy atom. The number of ether oxygens (including phenoxy) is 1. The van der Waals surface area contributed by atoms with Crippen molar-refractivity contribution < 1.29 is 14.6 Å². The van der Waals surface area contributed by atoms with Crippen molar-refractivity contribution in [1.29, 1.82) is 0 Å². The van der Waals surface area contributed by atoms with Crippen molar-refractivity contribution in [2.24, 2.45) is 5.92 Å². The first-order valence-electron chi connectivity index (χ1n) is 8.76. The molecule has 138 valence electrons. The molecule has 0 aromatic heterocycles. The maximum atomic E-state index is 10.9. The number of carboxylic acids is 1. The molecule has 0 atom stereocenters. The Morgan fingerprint density at radius 2 is 1.77 bits per heavy atom. The van der Waals surface area contributed by atoms with E-state index < -0.39 is 5.97 Å². The number of aliphatic carboxylic acids is 1. The lowest BCUT2D eigenvalue weighted by molar-refractivity contribution is -0.147. The van der Waals surface area contributed by atoms with E-state index in [0.29, 0.717) is 19.7 Å². The molecule has 1 aliphatic rings. The second-order valence-corrected chi connectivity index (χ2v) is 7.65. The number of carbonyl (C=O) groups is 1. The van der Waals surface area contributed by atoms with Crippen LogP contribution in [0.2, 0.25) is 5.02 Å². The number of hydrogen-bond acceptors (Lipinski definition) is 3. The lowest BCUT2D eigenvalue weighted by atomic mass is 9.98. The third-order valence-electron chi connectivity index (χ3n) is 4.72. The van der Waals surface area contributed by atoms with Gasteiger partial charge in [-0.3, -0.25) is 9.69 Å². The number of rotatable bonds is 6. The number of hydrogen-bond donors (Lipinski definition) is 1. The molecule has 1 saturated heterocycles. The molecule has 3 rings (SSSR count). The van der Waals surface area contributed by atoms with Gasteiger partial charge in [0, 0.05) is 24.7 Å². The average Bonchev–Trinajstić information content (AvgIpc) is 2.48. The van der Waals surface area contributed by atoms with Crippen molar-refractivity contribution in [3.8, 4) is 5.75 Å². The topological polar surface area (TPSA) is 49.8 Å². The van der Waals surface area contributed by atoms with Crippen LogP contribution < -0.4 is 4.74 Å². The molecule has 2 aromatic rings. The fourth-order valence-electron chi connectivity index (χ4n) is 3.52. The monoisotopic (exact) mass is 373 g/mol. The second kappa shape index (κ2) is 7.68. The first kappa shape index (κ1) is 18.7. The van der Waals surface area contributed by atoms with Crippen molar-refractivity contribution in [2.45, 2.75) is 33.9 Å². The summed E-state index contributed by atoms with van der Waals surface area (Å²) in [7, 11) is 0. The molecule has 1 N–H and O–H groups in total. The highest BCUT2D eigenvalue weighted by molar-refractivity contribution is 6.30. The van der Waals surface area contributed by atoms with E-state index in [-0.39, 0.29) is 5.92 Å². The van der Waals surface area contributed by atoms with Gasteiger partial charge in [0.25, 0.3) is 0 Å². The molecular formula is C21H24ClNO3. The molecule has 0 aliphatic carbocycles. The van der Waals surface area contributed by atoms with Crippen LogP contribution in [0.1, 0.15) is 27.8 Å². The normalized spacial score (nSPS) is 14.9. The maximum Gasteiger partial charge on any atom is 0.309 e. The molecule has 4 nitrogen and oxygen atoms in total. The van der Waals surface area contributed by atoms with Gasteiger partial charge in [0.2, 0.25) is 0 Å². The van der Waals surface area contributed by atoms with E-state index >= 15 is 0 Å². The van der Waals surface area contributed by atoms with Gasteiger partial charge in [-0.15, -0.1) is 0 Å². The van der Waals surface area contributed by atoms with Gasteiger partial charge in [-0.1, -0.05) is 29.8 Å². The summed E-state index contributed by atoms with van der Waals surface area (Å²) in [6.45, 7) is 8.62. The molecule has 0 saturated carbocycles. The second-order valence-electron chi connectivity index (χ2n) is 7.21.